The minimum atomic E-state index is -0.977. The lowest BCUT2D eigenvalue weighted by molar-refractivity contribution is -0.119. The summed E-state index contributed by atoms with van der Waals surface area (Å²) in [5, 5.41) is 10.7. The monoisotopic (exact) mass is 195 g/mol. The van der Waals surface area contributed by atoms with Crippen LogP contribution < -0.4 is 5.32 Å². The van der Waals surface area contributed by atoms with Gasteiger partial charge in [0.05, 0.1) is 19.6 Å². The van der Waals surface area contributed by atoms with Gasteiger partial charge in [0.15, 0.2) is 5.78 Å². The van der Waals surface area contributed by atoms with Crippen LogP contribution in [0.25, 0.3) is 0 Å². The van der Waals surface area contributed by atoms with Crippen LogP contribution in [0.15, 0.2) is 0 Å². The van der Waals surface area contributed by atoms with Gasteiger partial charge in [-0.25, -0.2) is 4.79 Å². The molecule has 2 N–H and O–H groups in total. The highest BCUT2D eigenvalue weighted by atomic mass is 35.5. The zero-order chi connectivity index (χ0) is 9.56. The molecule has 0 bridgehead atoms. The highest BCUT2D eigenvalue weighted by Crippen LogP contribution is 1.89. The molecule has 0 saturated heterocycles. The van der Waals surface area contributed by atoms with Gasteiger partial charge in [-0.15, -0.1) is 11.6 Å². The third-order valence-electron chi connectivity index (χ3n) is 1.18. The van der Waals surface area contributed by atoms with Crippen molar-refractivity contribution in [2.75, 3.05) is 19.6 Å². The van der Waals surface area contributed by atoms with E-state index in [4.69, 9.17) is 16.7 Å². The third-order valence-corrected chi connectivity index (χ3v) is 1.44. The van der Waals surface area contributed by atoms with Crippen molar-refractivity contribution >= 4 is 23.5 Å². The molecule has 0 spiro atoms. The quantitative estimate of drug-likeness (QED) is 0.594. The van der Waals surface area contributed by atoms with E-state index in [1.54, 1.807) is 0 Å². The van der Waals surface area contributed by atoms with Gasteiger partial charge in [-0.3, -0.25) is 4.79 Å². The van der Waals surface area contributed by atoms with Crippen molar-refractivity contribution in [3.8, 4) is 0 Å². The molecular weight excluding hydrogens is 186 g/mol. The predicted molar refractivity (Wildman–Crippen MR) is 42.1 cm³/mol. The van der Waals surface area contributed by atoms with Crippen LogP contribution in [-0.4, -0.2) is 42.6 Å². The second-order valence-corrected chi connectivity index (χ2v) is 2.24. The van der Waals surface area contributed by atoms with E-state index < -0.39 is 24.5 Å². The fourth-order valence-electron chi connectivity index (χ4n) is 0.522. The van der Waals surface area contributed by atoms with Crippen LogP contribution >= 0.6 is 11.6 Å². The molecule has 12 heavy (non-hydrogen) atoms. The van der Waals surface area contributed by atoms with E-state index in [2.05, 4.69) is 10.1 Å². The van der Waals surface area contributed by atoms with Crippen molar-refractivity contribution in [2.45, 2.75) is 6.04 Å². The molecule has 1 unspecified atom stereocenters. The maximum absolute atomic E-state index is 10.8. The molecule has 0 aromatic carbocycles. The van der Waals surface area contributed by atoms with Crippen LogP contribution in [0, 0.1) is 0 Å². The lowest BCUT2D eigenvalue weighted by atomic mass is 10.2. The first-order valence-electron chi connectivity index (χ1n) is 3.19. The molecule has 0 aliphatic heterocycles. The van der Waals surface area contributed by atoms with Gasteiger partial charge >= 0.3 is 6.09 Å². The molecule has 5 nitrogen and oxygen atoms in total. The first-order valence-corrected chi connectivity index (χ1v) is 3.73. The van der Waals surface area contributed by atoms with Gasteiger partial charge in [0.2, 0.25) is 0 Å². The average Bonchev–Trinajstić information content (AvgIpc) is 2.12. The maximum Gasteiger partial charge on any atom is 0.407 e. The summed E-state index contributed by atoms with van der Waals surface area (Å²) in [6.07, 6.45) is -0.771. The standard InChI is InChI=1S/C6H10ClNO4/c1-12-6(11)8-4(3-9)5(10)2-7/h4,9H,2-3H2,1H3,(H,8,11). The molecule has 70 valence electrons. The maximum atomic E-state index is 10.8. The largest absolute Gasteiger partial charge is 0.453 e. The average molecular weight is 196 g/mol. The highest BCUT2D eigenvalue weighted by molar-refractivity contribution is 6.28. The summed E-state index contributed by atoms with van der Waals surface area (Å²) < 4.78 is 4.22. The molecule has 1 amide bonds. The summed E-state index contributed by atoms with van der Waals surface area (Å²) in [4.78, 5) is 21.4. The first-order chi connectivity index (χ1) is 5.65. The normalized spacial score (nSPS) is 11.9. The van der Waals surface area contributed by atoms with Crippen molar-refractivity contribution in [3.05, 3.63) is 0 Å². The second kappa shape index (κ2) is 5.79. The SMILES string of the molecule is COC(=O)NC(CO)C(=O)CCl. The van der Waals surface area contributed by atoms with Crippen LogP contribution in [0.3, 0.4) is 0 Å². The Balaban J connectivity index is 3.99. The van der Waals surface area contributed by atoms with Crippen molar-refractivity contribution in [2.24, 2.45) is 0 Å². The number of carbonyl (C=O) groups excluding carboxylic acids is 2. The molecule has 0 radical (unpaired) electrons. The molecule has 0 rings (SSSR count). The van der Waals surface area contributed by atoms with Crippen molar-refractivity contribution < 1.29 is 19.4 Å². The smallest absolute Gasteiger partial charge is 0.407 e. The van der Waals surface area contributed by atoms with Gasteiger partial charge in [-0.1, -0.05) is 0 Å². The molecule has 0 aromatic rings. The van der Waals surface area contributed by atoms with Gasteiger partial charge in [0, 0.05) is 0 Å². The molecule has 0 saturated carbocycles. The molecule has 0 aliphatic carbocycles. The molecule has 0 heterocycles. The summed E-state index contributed by atoms with van der Waals surface area (Å²) in [6.45, 7) is -0.485. The number of aliphatic hydroxyl groups excluding tert-OH is 1. The Labute approximate surface area is 74.6 Å². The Morgan fingerprint density at radius 1 is 1.67 bits per heavy atom. The van der Waals surface area contributed by atoms with E-state index >= 15 is 0 Å². The van der Waals surface area contributed by atoms with Crippen LogP contribution in [-0.2, 0) is 9.53 Å². The molecule has 0 aromatic heterocycles. The van der Waals surface area contributed by atoms with Gasteiger partial charge in [-0.05, 0) is 0 Å². The zero-order valence-corrected chi connectivity index (χ0v) is 7.30. The van der Waals surface area contributed by atoms with Gasteiger partial charge in [0.25, 0.3) is 0 Å². The highest BCUT2D eigenvalue weighted by Gasteiger charge is 2.18. The minimum Gasteiger partial charge on any atom is -0.453 e. The molecule has 6 heteroatoms. The molecule has 0 fully saturated rings. The van der Waals surface area contributed by atoms with Gasteiger partial charge < -0.3 is 15.2 Å². The number of hydrogen-bond donors (Lipinski definition) is 2. The summed E-state index contributed by atoms with van der Waals surface area (Å²) in [7, 11) is 1.16. The van der Waals surface area contributed by atoms with E-state index in [0.29, 0.717) is 0 Å². The number of ether oxygens (including phenoxy) is 1. The summed E-state index contributed by atoms with van der Waals surface area (Å²) in [5.41, 5.74) is 0. The number of alkyl carbamates (subject to hydrolysis) is 1. The number of halogens is 1. The Hall–Kier alpha value is -0.810. The number of Topliss-reactive ketones (excluding diaryl/α,β-unsaturated/α-hetero) is 1. The van der Waals surface area contributed by atoms with Crippen LogP contribution in [0.1, 0.15) is 0 Å². The lowest BCUT2D eigenvalue weighted by Gasteiger charge is -2.11. The fraction of sp³-hybridized carbons (Fsp3) is 0.667. The van der Waals surface area contributed by atoms with E-state index in [0.717, 1.165) is 7.11 Å². The number of nitrogens with one attached hydrogen (secondary N) is 1. The molecular formula is C6H10ClNO4. The van der Waals surface area contributed by atoms with Gasteiger partial charge in [0.1, 0.15) is 6.04 Å². The van der Waals surface area contributed by atoms with Crippen molar-refractivity contribution in [1.29, 1.82) is 0 Å². The number of rotatable bonds is 4. The topological polar surface area (TPSA) is 75.6 Å². The number of amides is 1. The predicted octanol–water partition coefficient (Wildman–Crippen LogP) is -0.489. The lowest BCUT2D eigenvalue weighted by Crippen LogP contribution is -2.43. The molecule has 1 atom stereocenters. The summed E-state index contributed by atoms with van der Waals surface area (Å²) in [5.74, 6) is -0.709. The number of methoxy groups -OCH3 is 1. The summed E-state index contributed by atoms with van der Waals surface area (Å²) >= 11 is 5.20. The van der Waals surface area contributed by atoms with E-state index in [-0.39, 0.29) is 5.88 Å². The van der Waals surface area contributed by atoms with Crippen molar-refractivity contribution in [3.63, 3.8) is 0 Å². The Morgan fingerprint density at radius 2 is 2.25 bits per heavy atom. The Bertz CT molecular complexity index is 173. The third kappa shape index (κ3) is 3.54. The fourth-order valence-corrected chi connectivity index (χ4v) is 0.709. The van der Waals surface area contributed by atoms with Crippen LogP contribution in [0.2, 0.25) is 0 Å². The van der Waals surface area contributed by atoms with E-state index in [1.807, 2.05) is 0 Å². The number of ketones is 1. The van der Waals surface area contributed by atoms with E-state index in [9.17, 15) is 9.59 Å². The van der Waals surface area contributed by atoms with Crippen molar-refractivity contribution in [1.82, 2.24) is 5.32 Å². The first kappa shape index (κ1) is 11.2. The minimum absolute atomic E-state index is 0.255. The van der Waals surface area contributed by atoms with Crippen LogP contribution in [0.4, 0.5) is 4.79 Å². The zero-order valence-electron chi connectivity index (χ0n) is 6.54. The second-order valence-electron chi connectivity index (χ2n) is 1.97. The number of aliphatic hydroxyl groups is 1. The van der Waals surface area contributed by atoms with Gasteiger partial charge in [-0.2, -0.15) is 0 Å². The number of hydrogen-bond acceptors (Lipinski definition) is 4. The Morgan fingerprint density at radius 3 is 2.58 bits per heavy atom. The van der Waals surface area contributed by atoms with Crippen LogP contribution in [0.5, 0.6) is 0 Å². The van der Waals surface area contributed by atoms with E-state index in [1.165, 1.54) is 0 Å². The Kier molecular flexibility index (Phi) is 5.40. The summed E-state index contributed by atoms with van der Waals surface area (Å²) in [6, 6.07) is -0.977. The number of carbonyl (C=O) groups is 2. The number of alkyl halides is 1. The molecule has 0 aliphatic rings.